The van der Waals surface area contributed by atoms with E-state index >= 15 is 0 Å². The minimum Gasteiger partial charge on any atom is -0.431 e. The van der Waals surface area contributed by atoms with E-state index in [0.29, 0.717) is 12.0 Å². The molecule has 0 aliphatic heterocycles. The summed E-state index contributed by atoms with van der Waals surface area (Å²) in [5.41, 5.74) is 0.552. The minimum atomic E-state index is -0.342. The van der Waals surface area contributed by atoms with E-state index in [4.69, 9.17) is 4.74 Å². The maximum atomic E-state index is 11.3. The van der Waals surface area contributed by atoms with Gasteiger partial charge in [-0.05, 0) is 24.6 Å². The van der Waals surface area contributed by atoms with Crippen LogP contribution in [0, 0.1) is 0 Å². The first-order valence-corrected chi connectivity index (χ1v) is 4.36. The van der Waals surface area contributed by atoms with E-state index in [-0.39, 0.29) is 5.97 Å². The highest BCUT2D eigenvalue weighted by atomic mass is 16.5. The predicted octanol–water partition coefficient (Wildman–Crippen LogP) is 2.93. The van der Waals surface area contributed by atoms with E-state index in [1.165, 1.54) is 6.26 Å². The summed E-state index contributed by atoms with van der Waals surface area (Å²) in [5, 5.41) is 0. The highest BCUT2D eigenvalue weighted by Gasteiger charge is 2.02. The molecule has 0 fully saturated rings. The van der Waals surface area contributed by atoms with Gasteiger partial charge in [0.05, 0.1) is 11.8 Å². The van der Waals surface area contributed by atoms with Gasteiger partial charge < -0.3 is 4.74 Å². The first-order chi connectivity index (χ1) is 6.84. The Kier molecular flexibility index (Phi) is 4.21. The SMILES string of the molecule is C=CC/C=C/OC(=O)c1ccccc1. The van der Waals surface area contributed by atoms with E-state index < -0.39 is 0 Å². The van der Waals surface area contributed by atoms with Gasteiger partial charge in [-0.15, -0.1) is 6.58 Å². The third-order valence-corrected chi connectivity index (χ3v) is 1.58. The van der Waals surface area contributed by atoms with Crippen molar-refractivity contribution in [3.05, 3.63) is 60.9 Å². The van der Waals surface area contributed by atoms with Crippen molar-refractivity contribution in [2.45, 2.75) is 6.42 Å². The van der Waals surface area contributed by atoms with Gasteiger partial charge >= 0.3 is 5.97 Å². The van der Waals surface area contributed by atoms with Crippen LogP contribution in [-0.4, -0.2) is 5.97 Å². The van der Waals surface area contributed by atoms with Crippen LogP contribution in [0.25, 0.3) is 0 Å². The summed E-state index contributed by atoms with van der Waals surface area (Å²) >= 11 is 0. The Morgan fingerprint density at radius 3 is 2.71 bits per heavy atom. The Hall–Kier alpha value is -1.83. The molecule has 1 aromatic carbocycles. The van der Waals surface area contributed by atoms with Gasteiger partial charge in [-0.25, -0.2) is 4.79 Å². The van der Waals surface area contributed by atoms with Crippen LogP contribution in [-0.2, 0) is 4.74 Å². The number of carbonyl (C=O) groups excluding carboxylic acids is 1. The quantitative estimate of drug-likeness (QED) is 0.412. The molecule has 0 saturated carbocycles. The summed E-state index contributed by atoms with van der Waals surface area (Å²) in [5.74, 6) is -0.342. The first kappa shape index (κ1) is 10.3. The van der Waals surface area contributed by atoms with Crippen molar-refractivity contribution in [2.75, 3.05) is 0 Å². The fraction of sp³-hybridized carbons (Fsp3) is 0.0833. The van der Waals surface area contributed by atoms with Crippen LogP contribution < -0.4 is 0 Å². The molecule has 1 aromatic rings. The summed E-state index contributed by atoms with van der Waals surface area (Å²) in [6.45, 7) is 3.54. The maximum absolute atomic E-state index is 11.3. The Bertz CT molecular complexity index is 325. The zero-order valence-corrected chi connectivity index (χ0v) is 7.85. The van der Waals surface area contributed by atoms with Crippen molar-refractivity contribution in [2.24, 2.45) is 0 Å². The lowest BCUT2D eigenvalue weighted by atomic mass is 10.2. The van der Waals surface area contributed by atoms with Crippen LogP contribution in [0.1, 0.15) is 16.8 Å². The van der Waals surface area contributed by atoms with Crippen molar-refractivity contribution in [3.63, 3.8) is 0 Å². The zero-order chi connectivity index (χ0) is 10.2. The smallest absolute Gasteiger partial charge is 0.342 e. The summed E-state index contributed by atoms with van der Waals surface area (Å²) in [4.78, 5) is 11.3. The fourth-order valence-corrected chi connectivity index (χ4v) is 0.904. The summed E-state index contributed by atoms with van der Waals surface area (Å²) in [7, 11) is 0. The number of hydrogen-bond donors (Lipinski definition) is 0. The number of allylic oxidation sites excluding steroid dienone is 2. The molecule has 0 bridgehead atoms. The number of carbonyl (C=O) groups is 1. The number of benzene rings is 1. The van der Waals surface area contributed by atoms with E-state index in [1.54, 1.807) is 36.4 Å². The first-order valence-electron chi connectivity index (χ1n) is 4.36. The molecule has 72 valence electrons. The maximum Gasteiger partial charge on any atom is 0.342 e. The standard InChI is InChI=1S/C12H12O2/c1-2-3-7-10-14-12(13)11-8-5-4-6-9-11/h2,4-10H,1,3H2/b10-7+. The molecule has 0 unspecified atom stereocenters. The molecule has 0 heterocycles. The Morgan fingerprint density at radius 1 is 1.36 bits per heavy atom. The molecule has 2 heteroatoms. The fourth-order valence-electron chi connectivity index (χ4n) is 0.904. The minimum absolute atomic E-state index is 0.342. The zero-order valence-electron chi connectivity index (χ0n) is 7.85. The molecule has 0 amide bonds. The predicted molar refractivity (Wildman–Crippen MR) is 55.8 cm³/mol. The topological polar surface area (TPSA) is 26.3 Å². The van der Waals surface area contributed by atoms with Crippen molar-refractivity contribution < 1.29 is 9.53 Å². The van der Waals surface area contributed by atoms with Gasteiger partial charge in [-0.3, -0.25) is 0 Å². The lowest BCUT2D eigenvalue weighted by Gasteiger charge is -1.97. The number of ether oxygens (including phenoxy) is 1. The van der Waals surface area contributed by atoms with Crippen LogP contribution >= 0.6 is 0 Å². The molecule has 1 rings (SSSR count). The molecular formula is C12H12O2. The van der Waals surface area contributed by atoms with Crippen LogP contribution in [0.15, 0.2) is 55.3 Å². The average Bonchev–Trinajstić information content (AvgIpc) is 2.25. The molecule has 0 aliphatic rings. The van der Waals surface area contributed by atoms with Crippen LogP contribution in [0.5, 0.6) is 0 Å². The monoisotopic (exact) mass is 188 g/mol. The molecule has 0 spiro atoms. The molecular weight excluding hydrogens is 176 g/mol. The Balaban J connectivity index is 2.47. The molecule has 0 atom stereocenters. The number of hydrogen-bond acceptors (Lipinski definition) is 2. The highest BCUT2D eigenvalue weighted by Crippen LogP contribution is 2.01. The van der Waals surface area contributed by atoms with Gasteiger partial charge in [-0.1, -0.05) is 24.3 Å². The third kappa shape index (κ3) is 3.27. The van der Waals surface area contributed by atoms with E-state index in [1.807, 2.05) is 6.07 Å². The summed E-state index contributed by atoms with van der Waals surface area (Å²) in [6, 6.07) is 8.87. The summed E-state index contributed by atoms with van der Waals surface area (Å²) < 4.78 is 4.86. The normalized spacial score (nSPS) is 10.0. The van der Waals surface area contributed by atoms with Gasteiger partial charge in [0.2, 0.25) is 0 Å². The highest BCUT2D eigenvalue weighted by molar-refractivity contribution is 5.89. The van der Waals surface area contributed by atoms with Crippen molar-refractivity contribution in [1.29, 1.82) is 0 Å². The largest absolute Gasteiger partial charge is 0.431 e. The van der Waals surface area contributed by atoms with Crippen LogP contribution in [0.3, 0.4) is 0 Å². The van der Waals surface area contributed by atoms with Crippen molar-refractivity contribution in [3.8, 4) is 0 Å². The van der Waals surface area contributed by atoms with Crippen molar-refractivity contribution >= 4 is 5.97 Å². The molecule has 0 N–H and O–H groups in total. The van der Waals surface area contributed by atoms with E-state index in [9.17, 15) is 4.79 Å². The van der Waals surface area contributed by atoms with Gasteiger partial charge in [0, 0.05) is 0 Å². The Labute approximate surface area is 83.5 Å². The van der Waals surface area contributed by atoms with Crippen LogP contribution in [0.2, 0.25) is 0 Å². The summed E-state index contributed by atoms with van der Waals surface area (Å²) in [6.07, 6.45) is 5.54. The molecule has 0 saturated heterocycles. The number of esters is 1. The lowest BCUT2D eigenvalue weighted by molar-refractivity contribution is 0.0662. The second kappa shape index (κ2) is 5.75. The van der Waals surface area contributed by atoms with Gasteiger partial charge in [0.25, 0.3) is 0 Å². The lowest BCUT2D eigenvalue weighted by Crippen LogP contribution is -1.99. The number of rotatable bonds is 4. The molecule has 0 aromatic heterocycles. The molecule has 0 radical (unpaired) electrons. The van der Waals surface area contributed by atoms with Gasteiger partial charge in [0.1, 0.15) is 0 Å². The molecule has 14 heavy (non-hydrogen) atoms. The van der Waals surface area contributed by atoms with E-state index in [0.717, 1.165) is 0 Å². The molecule has 0 aliphatic carbocycles. The van der Waals surface area contributed by atoms with Gasteiger partial charge in [0.15, 0.2) is 0 Å². The second-order valence-electron chi connectivity index (χ2n) is 2.67. The van der Waals surface area contributed by atoms with Crippen molar-refractivity contribution in [1.82, 2.24) is 0 Å². The Morgan fingerprint density at radius 2 is 2.07 bits per heavy atom. The van der Waals surface area contributed by atoms with Crippen LogP contribution in [0.4, 0.5) is 0 Å². The average molecular weight is 188 g/mol. The van der Waals surface area contributed by atoms with E-state index in [2.05, 4.69) is 6.58 Å². The third-order valence-electron chi connectivity index (χ3n) is 1.58. The molecule has 2 nitrogen and oxygen atoms in total. The van der Waals surface area contributed by atoms with Gasteiger partial charge in [-0.2, -0.15) is 0 Å². The second-order valence-corrected chi connectivity index (χ2v) is 2.67.